The molecule has 0 radical (unpaired) electrons. The predicted octanol–water partition coefficient (Wildman–Crippen LogP) is 1.17. The van der Waals surface area contributed by atoms with Crippen LogP contribution in [0.4, 0.5) is 5.69 Å². The molecule has 1 fully saturated rings. The Hall–Kier alpha value is -1.07. The van der Waals surface area contributed by atoms with Gasteiger partial charge in [-0.2, -0.15) is 0 Å². The van der Waals surface area contributed by atoms with Gasteiger partial charge in [0.2, 0.25) is 0 Å². The van der Waals surface area contributed by atoms with Crippen LogP contribution in [0.3, 0.4) is 0 Å². The number of carbonyl (C=O) groups is 1. The molecule has 1 aromatic rings. The quantitative estimate of drug-likeness (QED) is 0.815. The van der Waals surface area contributed by atoms with Crippen molar-refractivity contribution in [3.63, 3.8) is 0 Å². The highest BCUT2D eigenvalue weighted by molar-refractivity contribution is 7.12. The largest absolute Gasteiger partial charge is 0.397 e. The molecule has 2 heterocycles. The molecule has 88 valence electrons. The fourth-order valence-corrected chi connectivity index (χ4v) is 2.82. The summed E-state index contributed by atoms with van der Waals surface area (Å²) >= 11 is 1.38. The van der Waals surface area contributed by atoms with E-state index < -0.39 is 0 Å². The molecule has 2 rings (SSSR count). The first-order chi connectivity index (χ1) is 7.72. The first-order valence-electron chi connectivity index (χ1n) is 5.45. The first kappa shape index (κ1) is 11.4. The number of aliphatic hydroxyl groups is 1. The summed E-state index contributed by atoms with van der Waals surface area (Å²) in [7, 11) is 0. The van der Waals surface area contributed by atoms with E-state index in [2.05, 4.69) is 0 Å². The molecule has 1 aromatic heterocycles. The van der Waals surface area contributed by atoms with Crippen LogP contribution < -0.4 is 5.73 Å². The van der Waals surface area contributed by atoms with E-state index in [4.69, 9.17) is 10.8 Å². The van der Waals surface area contributed by atoms with Gasteiger partial charge in [-0.05, 0) is 30.2 Å². The van der Waals surface area contributed by atoms with Gasteiger partial charge in [-0.15, -0.1) is 11.3 Å². The molecule has 1 saturated heterocycles. The fourth-order valence-electron chi connectivity index (χ4n) is 2.04. The molecular formula is C11H16N2O2S. The van der Waals surface area contributed by atoms with Crippen molar-refractivity contribution in [1.29, 1.82) is 0 Å². The molecular weight excluding hydrogens is 224 g/mol. The minimum absolute atomic E-state index is 0.00523. The van der Waals surface area contributed by atoms with Crippen LogP contribution in [0.15, 0.2) is 11.4 Å². The zero-order chi connectivity index (χ0) is 11.5. The second-order valence-corrected chi connectivity index (χ2v) is 5.06. The summed E-state index contributed by atoms with van der Waals surface area (Å²) in [6, 6.07) is 1.76. The highest BCUT2D eigenvalue weighted by Gasteiger charge is 2.25. The summed E-state index contributed by atoms with van der Waals surface area (Å²) in [5.41, 5.74) is 6.29. The lowest BCUT2D eigenvalue weighted by Crippen LogP contribution is -2.40. The molecule has 1 unspecified atom stereocenters. The molecule has 4 nitrogen and oxygen atoms in total. The van der Waals surface area contributed by atoms with Crippen LogP contribution in [0.5, 0.6) is 0 Å². The van der Waals surface area contributed by atoms with E-state index in [1.54, 1.807) is 11.0 Å². The topological polar surface area (TPSA) is 66.6 Å². The van der Waals surface area contributed by atoms with Gasteiger partial charge in [0.15, 0.2) is 0 Å². The Morgan fingerprint density at radius 1 is 1.69 bits per heavy atom. The van der Waals surface area contributed by atoms with E-state index in [-0.39, 0.29) is 18.4 Å². The van der Waals surface area contributed by atoms with Crippen molar-refractivity contribution < 1.29 is 9.90 Å². The number of hydrogen-bond acceptors (Lipinski definition) is 4. The number of nitrogens with zero attached hydrogens (tertiary/aromatic N) is 1. The molecule has 16 heavy (non-hydrogen) atoms. The van der Waals surface area contributed by atoms with Crippen LogP contribution in [0, 0.1) is 5.92 Å². The normalized spacial score (nSPS) is 21.1. The van der Waals surface area contributed by atoms with Crippen LogP contribution in [-0.4, -0.2) is 35.6 Å². The van der Waals surface area contributed by atoms with Gasteiger partial charge >= 0.3 is 0 Å². The summed E-state index contributed by atoms with van der Waals surface area (Å²) < 4.78 is 0. The smallest absolute Gasteiger partial charge is 0.266 e. The Morgan fingerprint density at radius 3 is 3.12 bits per heavy atom. The lowest BCUT2D eigenvalue weighted by molar-refractivity contribution is 0.0626. The standard InChI is InChI=1S/C11H16N2O2S/c12-9-3-5-16-10(9)11(15)13-4-1-2-8(6-13)7-14/h3,5,8,14H,1-2,4,6-7,12H2. The third kappa shape index (κ3) is 2.20. The molecule has 0 bridgehead atoms. The second kappa shape index (κ2) is 4.84. The lowest BCUT2D eigenvalue weighted by atomic mass is 9.99. The van der Waals surface area contributed by atoms with Crippen LogP contribution in [0.2, 0.25) is 0 Å². The number of amides is 1. The van der Waals surface area contributed by atoms with Gasteiger partial charge in [0.05, 0.1) is 5.69 Å². The number of piperidine rings is 1. The molecule has 0 saturated carbocycles. The highest BCUT2D eigenvalue weighted by atomic mass is 32.1. The maximum atomic E-state index is 12.1. The zero-order valence-electron chi connectivity index (χ0n) is 9.06. The Balaban J connectivity index is 2.07. The Morgan fingerprint density at radius 2 is 2.50 bits per heavy atom. The van der Waals surface area contributed by atoms with Crippen LogP contribution in [0.1, 0.15) is 22.5 Å². The van der Waals surface area contributed by atoms with E-state index in [0.29, 0.717) is 17.1 Å². The van der Waals surface area contributed by atoms with E-state index in [1.807, 2.05) is 5.38 Å². The van der Waals surface area contributed by atoms with Gasteiger partial charge in [-0.25, -0.2) is 0 Å². The summed E-state index contributed by atoms with van der Waals surface area (Å²) in [4.78, 5) is 14.5. The molecule has 0 aliphatic carbocycles. The number of nitrogen functional groups attached to an aromatic ring is 1. The maximum Gasteiger partial charge on any atom is 0.266 e. The summed E-state index contributed by atoms with van der Waals surface area (Å²) in [5.74, 6) is 0.226. The third-order valence-corrected chi connectivity index (χ3v) is 3.87. The number of hydrogen-bond donors (Lipinski definition) is 2. The molecule has 1 aliphatic heterocycles. The van der Waals surface area contributed by atoms with Gasteiger partial charge in [0.1, 0.15) is 4.88 Å². The average Bonchev–Trinajstić information content (AvgIpc) is 2.74. The molecule has 5 heteroatoms. The first-order valence-corrected chi connectivity index (χ1v) is 6.33. The highest BCUT2D eigenvalue weighted by Crippen LogP contribution is 2.24. The van der Waals surface area contributed by atoms with Gasteiger partial charge in [0, 0.05) is 19.7 Å². The zero-order valence-corrected chi connectivity index (χ0v) is 9.87. The Labute approximate surface area is 98.7 Å². The minimum atomic E-state index is 0.00523. The summed E-state index contributed by atoms with van der Waals surface area (Å²) in [6.45, 7) is 1.57. The molecule has 0 spiro atoms. The monoisotopic (exact) mass is 240 g/mol. The number of carbonyl (C=O) groups excluding carboxylic acids is 1. The maximum absolute atomic E-state index is 12.1. The number of aliphatic hydroxyl groups excluding tert-OH is 1. The van der Waals surface area contributed by atoms with Crippen molar-refractivity contribution in [1.82, 2.24) is 4.90 Å². The average molecular weight is 240 g/mol. The molecule has 1 aliphatic rings. The van der Waals surface area contributed by atoms with Gasteiger partial charge in [0.25, 0.3) is 5.91 Å². The molecule has 1 atom stereocenters. The number of anilines is 1. The molecule has 3 N–H and O–H groups in total. The van der Waals surface area contributed by atoms with Crippen molar-refractivity contribution in [2.24, 2.45) is 5.92 Å². The van der Waals surface area contributed by atoms with Crippen LogP contribution in [-0.2, 0) is 0 Å². The molecule has 1 amide bonds. The Bertz CT molecular complexity index is 378. The van der Waals surface area contributed by atoms with Gasteiger partial charge in [-0.1, -0.05) is 0 Å². The van der Waals surface area contributed by atoms with Crippen LogP contribution in [0.25, 0.3) is 0 Å². The number of nitrogens with two attached hydrogens (primary N) is 1. The summed E-state index contributed by atoms with van der Waals surface area (Å²) in [6.07, 6.45) is 1.96. The van der Waals surface area contributed by atoms with E-state index in [9.17, 15) is 4.79 Å². The fraction of sp³-hybridized carbons (Fsp3) is 0.545. The van der Waals surface area contributed by atoms with Gasteiger partial charge < -0.3 is 15.7 Å². The predicted molar refractivity (Wildman–Crippen MR) is 64.4 cm³/mol. The van der Waals surface area contributed by atoms with E-state index >= 15 is 0 Å². The van der Waals surface area contributed by atoms with Crippen molar-refractivity contribution in [3.8, 4) is 0 Å². The van der Waals surface area contributed by atoms with Crippen molar-refractivity contribution in [2.75, 3.05) is 25.4 Å². The lowest BCUT2D eigenvalue weighted by Gasteiger charge is -2.31. The summed E-state index contributed by atoms with van der Waals surface area (Å²) in [5, 5.41) is 10.9. The van der Waals surface area contributed by atoms with Crippen molar-refractivity contribution >= 4 is 22.9 Å². The number of thiophene rings is 1. The SMILES string of the molecule is Nc1ccsc1C(=O)N1CCCC(CO)C1. The minimum Gasteiger partial charge on any atom is -0.397 e. The van der Waals surface area contributed by atoms with Crippen LogP contribution >= 0.6 is 11.3 Å². The van der Waals surface area contributed by atoms with Crippen molar-refractivity contribution in [3.05, 3.63) is 16.3 Å². The van der Waals surface area contributed by atoms with Crippen molar-refractivity contribution in [2.45, 2.75) is 12.8 Å². The van der Waals surface area contributed by atoms with Gasteiger partial charge in [-0.3, -0.25) is 4.79 Å². The molecule has 0 aromatic carbocycles. The Kier molecular flexibility index (Phi) is 3.46. The third-order valence-electron chi connectivity index (χ3n) is 2.95. The second-order valence-electron chi connectivity index (χ2n) is 4.15. The number of rotatable bonds is 2. The van der Waals surface area contributed by atoms with E-state index in [0.717, 1.165) is 19.4 Å². The number of likely N-dealkylation sites (tertiary alicyclic amines) is 1. The van der Waals surface area contributed by atoms with E-state index in [1.165, 1.54) is 11.3 Å².